The van der Waals surface area contributed by atoms with E-state index >= 15 is 0 Å². The Morgan fingerprint density at radius 3 is 2.30 bits per heavy atom. The zero-order valence-electron chi connectivity index (χ0n) is 5.96. The molecule has 0 amide bonds. The van der Waals surface area contributed by atoms with E-state index in [0.29, 0.717) is 17.1 Å². The van der Waals surface area contributed by atoms with Crippen LogP contribution < -0.4 is 0 Å². The van der Waals surface area contributed by atoms with Crippen molar-refractivity contribution in [2.45, 2.75) is 17.8 Å². The Kier molecular flexibility index (Phi) is 0.908. The van der Waals surface area contributed by atoms with Gasteiger partial charge < -0.3 is 0 Å². The summed E-state index contributed by atoms with van der Waals surface area (Å²) in [5.41, 5.74) is 0. The normalized spacial score (nSPS) is 69.0. The van der Waals surface area contributed by atoms with E-state index in [1.165, 1.54) is 6.42 Å². The van der Waals surface area contributed by atoms with E-state index in [4.69, 9.17) is 0 Å². The molecule has 6 atom stereocenters. The van der Waals surface area contributed by atoms with E-state index in [1.54, 1.807) is 0 Å². The molecule has 0 nitrogen and oxygen atoms in total. The fraction of sp³-hybridized carbons (Fsp3) is 1.00. The minimum atomic E-state index is -0.410. The van der Waals surface area contributed by atoms with Crippen molar-refractivity contribution in [3.05, 3.63) is 0 Å². The maximum absolute atomic E-state index is 13.2. The number of hydrogen-bond acceptors (Lipinski definition) is 1. The van der Waals surface area contributed by atoms with Crippen LogP contribution in [0.5, 0.6) is 0 Å². The van der Waals surface area contributed by atoms with Gasteiger partial charge in [-0.3, -0.25) is 0 Å². The molecule has 0 aromatic rings. The summed E-state index contributed by atoms with van der Waals surface area (Å²) in [6.45, 7) is 0. The highest BCUT2D eigenvalue weighted by atomic mass is 32.2. The Morgan fingerprint density at radius 1 is 1.30 bits per heavy atom. The lowest BCUT2D eigenvalue weighted by molar-refractivity contribution is 0.273. The molecule has 4 saturated carbocycles. The van der Waals surface area contributed by atoms with Gasteiger partial charge in [0.2, 0.25) is 0 Å². The topological polar surface area (TPSA) is 0 Å². The van der Waals surface area contributed by atoms with E-state index in [1.807, 2.05) is 11.8 Å². The van der Waals surface area contributed by atoms with Crippen LogP contribution in [0.3, 0.4) is 0 Å². The molecule has 0 saturated heterocycles. The molecular formula is C8H11FS. The van der Waals surface area contributed by atoms with Crippen LogP contribution in [0.2, 0.25) is 0 Å². The van der Waals surface area contributed by atoms with Crippen molar-refractivity contribution in [2.24, 2.45) is 23.7 Å². The third-order valence-corrected chi connectivity index (χ3v) is 4.90. The molecule has 0 aromatic heterocycles. The van der Waals surface area contributed by atoms with Crippen LogP contribution in [0, 0.1) is 23.7 Å². The second-order valence-electron chi connectivity index (χ2n) is 3.86. The van der Waals surface area contributed by atoms with Gasteiger partial charge in [0.1, 0.15) is 6.17 Å². The average Bonchev–Trinajstić information content (AvgIpc) is 2.29. The summed E-state index contributed by atoms with van der Waals surface area (Å²) in [6, 6.07) is 0. The largest absolute Gasteiger partial charge is 0.247 e. The molecule has 4 aliphatic carbocycles. The van der Waals surface area contributed by atoms with Gasteiger partial charge in [0, 0.05) is 11.2 Å². The third kappa shape index (κ3) is 0.421. The first-order chi connectivity index (χ1) is 4.84. The van der Waals surface area contributed by atoms with Crippen LogP contribution in [0.4, 0.5) is 4.39 Å². The van der Waals surface area contributed by atoms with Gasteiger partial charge in [0.25, 0.3) is 0 Å². The van der Waals surface area contributed by atoms with Crippen LogP contribution in [0.15, 0.2) is 0 Å². The summed E-state index contributed by atoms with van der Waals surface area (Å²) in [7, 11) is 0. The predicted molar refractivity (Wildman–Crippen MR) is 40.8 cm³/mol. The molecule has 0 aromatic carbocycles. The highest BCUT2D eigenvalue weighted by molar-refractivity contribution is 7.99. The highest BCUT2D eigenvalue weighted by Gasteiger charge is 2.73. The minimum Gasteiger partial charge on any atom is -0.247 e. The fourth-order valence-corrected chi connectivity index (χ4v) is 4.62. The van der Waals surface area contributed by atoms with Crippen LogP contribution in [0.1, 0.15) is 6.42 Å². The average molecular weight is 158 g/mol. The van der Waals surface area contributed by atoms with E-state index in [2.05, 4.69) is 6.26 Å². The lowest BCUT2D eigenvalue weighted by Crippen LogP contribution is -2.13. The molecule has 4 aliphatic rings. The lowest BCUT2D eigenvalue weighted by Gasteiger charge is -2.11. The summed E-state index contributed by atoms with van der Waals surface area (Å²) >= 11 is 1.90. The quantitative estimate of drug-likeness (QED) is 0.562. The molecule has 0 heterocycles. The van der Waals surface area contributed by atoms with Gasteiger partial charge in [-0.2, -0.15) is 11.8 Å². The van der Waals surface area contributed by atoms with Gasteiger partial charge in [-0.15, -0.1) is 0 Å². The zero-order chi connectivity index (χ0) is 6.88. The molecular weight excluding hydrogens is 147 g/mol. The maximum Gasteiger partial charge on any atom is 0.107 e. The van der Waals surface area contributed by atoms with Gasteiger partial charge in [0.05, 0.1) is 0 Å². The molecule has 56 valence electrons. The van der Waals surface area contributed by atoms with Gasteiger partial charge in [-0.05, 0) is 30.4 Å². The predicted octanol–water partition coefficient (Wildman–Crippen LogP) is 1.95. The number of rotatable bonds is 1. The van der Waals surface area contributed by atoms with Crippen LogP contribution in [-0.2, 0) is 0 Å². The Hall–Kier alpha value is 0.280. The number of alkyl halides is 1. The monoisotopic (exact) mass is 158 g/mol. The molecule has 4 rings (SSSR count). The first kappa shape index (κ1) is 5.87. The smallest absolute Gasteiger partial charge is 0.107 e. The van der Waals surface area contributed by atoms with Crippen LogP contribution in [-0.4, -0.2) is 17.7 Å². The standard InChI is InChI=1S/C8H11FS/c1-10-8-4-2-3-5(6(3)8)7(4)9/h3-8H,2H2,1H3/t3-,4-,5+,6-,7-,8-/m0/s1. The Bertz CT molecular complexity index is 182. The number of thioether (sulfide) groups is 1. The summed E-state index contributed by atoms with van der Waals surface area (Å²) in [5, 5.41) is 0.699. The summed E-state index contributed by atoms with van der Waals surface area (Å²) in [4.78, 5) is 0. The minimum absolute atomic E-state index is 0.410. The van der Waals surface area contributed by atoms with Gasteiger partial charge in [-0.1, -0.05) is 0 Å². The van der Waals surface area contributed by atoms with Gasteiger partial charge in [0.15, 0.2) is 0 Å². The van der Waals surface area contributed by atoms with E-state index in [-0.39, 0.29) is 0 Å². The second kappa shape index (κ2) is 1.55. The Labute approximate surface area is 64.6 Å². The first-order valence-corrected chi connectivity index (χ1v) is 5.30. The van der Waals surface area contributed by atoms with Crippen LogP contribution in [0.25, 0.3) is 0 Å². The maximum atomic E-state index is 13.2. The summed E-state index contributed by atoms with van der Waals surface area (Å²) in [5.74, 6) is 2.59. The molecule has 4 fully saturated rings. The van der Waals surface area contributed by atoms with E-state index < -0.39 is 6.17 Å². The highest BCUT2D eigenvalue weighted by Crippen LogP contribution is 2.73. The molecule has 0 radical (unpaired) electrons. The van der Waals surface area contributed by atoms with E-state index in [9.17, 15) is 4.39 Å². The van der Waals surface area contributed by atoms with Crippen molar-refractivity contribution in [3.63, 3.8) is 0 Å². The Balaban J connectivity index is 1.95. The fourth-order valence-electron chi connectivity index (χ4n) is 3.32. The summed E-state index contributed by atoms with van der Waals surface area (Å²) < 4.78 is 13.2. The van der Waals surface area contributed by atoms with Gasteiger partial charge in [-0.25, -0.2) is 4.39 Å². The van der Waals surface area contributed by atoms with Gasteiger partial charge >= 0.3 is 0 Å². The van der Waals surface area contributed by atoms with Crippen molar-refractivity contribution in [1.82, 2.24) is 0 Å². The Morgan fingerprint density at radius 2 is 2.10 bits per heavy atom. The molecule has 0 spiro atoms. The van der Waals surface area contributed by atoms with Crippen molar-refractivity contribution in [3.8, 4) is 0 Å². The lowest BCUT2D eigenvalue weighted by atomic mass is 10.1. The SMILES string of the molecule is CS[C@H]1[C@H]2C[C@H]3[C@@H]([C@H]2F)[C@H]31. The number of hydrogen-bond donors (Lipinski definition) is 0. The molecule has 4 bridgehead atoms. The van der Waals surface area contributed by atoms with Crippen LogP contribution >= 0.6 is 11.8 Å². The molecule has 10 heavy (non-hydrogen) atoms. The third-order valence-electron chi connectivity index (χ3n) is 3.69. The zero-order valence-corrected chi connectivity index (χ0v) is 6.77. The van der Waals surface area contributed by atoms with Crippen molar-refractivity contribution in [1.29, 1.82) is 0 Å². The van der Waals surface area contributed by atoms with Crippen molar-refractivity contribution >= 4 is 11.8 Å². The second-order valence-corrected chi connectivity index (χ2v) is 4.88. The molecule has 0 unspecified atom stereocenters. The summed E-state index contributed by atoms with van der Waals surface area (Å²) in [6.07, 6.45) is 2.93. The number of halogens is 1. The molecule has 2 heteroatoms. The van der Waals surface area contributed by atoms with E-state index in [0.717, 1.165) is 11.8 Å². The molecule has 0 N–H and O–H groups in total. The molecule has 0 aliphatic heterocycles. The van der Waals surface area contributed by atoms with Crippen molar-refractivity contribution in [2.75, 3.05) is 6.26 Å². The first-order valence-electron chi connectivity index (χ1n) is 4.01. The van der Waals surface area contributed by atoms with Crippen molar-refractivity contribution < 1.29 is 4.39 Å².